The molecule has 1 atom stereocenters. The molecule has 0 radical (unpaired) electrons. The summed E-state index contributed by atoms with van der Waals surface area (Å²) in [4.78, 5) is 17.5. The molecule has 0 bridgehead atoms. The summed E-state index contributed by atoms with van der Waals surface area (Å²) < 4.78 is 26.7. The van der Waals surface area contributed by atoms with Crippen molar-refractivity contribution in [2.45, 2.75) is 10.9 Å². The predicted octanol–water partition coefficient (Wildman–Crippen LogP) is 1.35. The van der Waals surface area contributed by atoms with Gasteiger partial charge in [-0.25, -0.2) is 8.42 Å². The smallest absolute Gasteiger partial charge is 0.244 e. The Bertz CT molecular complexity index is 923. The number of benzene rings is 2. The molecule has 1 aliphatic rings. The van der Waals surface area contributed by atoms with Gasteiger partial charge >= 0.3 is 0 Å². The summed E-state index contributed by atoms with van der Waals surface area (Å²) in [7, 11) is -2.43. The second-order valence-electron chi connectivity index (χ2n) is 5.64. The highest BCUT2D eigenvalue weighted by molar-refractivity contribution is 7.89. The van der Waals surface area contributed by atoms with Gasteiger partial charge in [0.2, 0.25) is 10.0 Å². The molecule has 25 heavy (non-hydrogen) atoms. The molecular formula is C18H18N2O4S. The topological polar surface area (TPSA) is 87.0 Å². The summed E-state index contributed by atoms with van der Waals surface area (Å²) in [5.74, 6) is -0.349. The number of ketones is 1. The lowest BCUT2D eigenvalue weighted by molar-refractivity contribution is 0.0944. The van der Waals surface area contributed by atoms with Gasteiger partial charge in [0.05, 0.1) is 23.8 Å². The van der Waals surface area contributed by atoms with Gasteiger partial charge < -0.3 is 5.11 Å². The van der Waals surface area contributed by atoms with Crippen molar-refractivity contribution in [3.8, 4) is 0 Å². The van der Waals surface area contributed by atoms with Crippen LogP contribution in [0.2, 0.25) is 0 Å². The maximum atomic E-state index is 13.0. The Balaban J connectivity index is 2.21. The monoisotopic (exact) mass is 358 g/mol. The minimum atomic E-state index is -3.81. The largest absolute Gasteiger partial charge is 0.394 e. The highest BCUT2D eigenvalue weighted by atomic mass is 32.2. The zero-order valence-corrected chi connectivity index (χ0v) is 14.5. The summed E-state index contributed by atoms with van der Waals surface area (Å²) in [5, 5.41) is 9.13. The van der Waals surface area contributed by atoms with E-state index in [0.717, 1.165) is 4.31 Å². The van der Waals surface area contributed by atoms with Crippen molar-refractivity contribution in [1.82, 2.24) is 4.31 Å². The van der Waals surface area contributed by atoms with E-state index in [1.165, 1.54) is 13.1 Å². The first-order valence-electron chi connectivity index (χ1n) is 7.80. The van der Waals surface area contributed by atoms with Gasteiger partial charge in [0.25, 0.3) is 0 Å². The van der Waals surface area contributed by atoms with Gasteiger partial charge in [-0.1, -0.05) is 48.5 Å². The summed E-state index contributed by atoms with van der Waals surface area (Å²) >= 11 is 0. The van der Waals surface area contributed by atoms with Gasteiger partial charge in [-0.05, 0) is 6.07 Å². The fraction of sp³-hybridized carbons (Fsp3) is 0.222. The van der Waals surface area contributed by atoms with E-state index in [0.29, 0.717) is 16.8 Å². The molecule has 1 N–H and O–H groups in total. The number of aliphatic imine (C=N–C) groups is 1. The Hall–Kier alpha value is -2.35. The Morgan fingerprint density at radius 3 is 2.44 bits per heavy atom. The Morgan fingerprint density at radius 2 is 1.76 bits per heavy atom. The number of fused-ring (bicyclic) bond motifs is 1. The molecule has 6 nitrogen and oxygen atoms in total. The Kier molecular flexibility index (Phi) is 4.80. The third-order valence-electron chi connectivity index (χ3n) is 4.13. The van der Waals surface area contributed by atoms with E-state index in [9.17, 15) is 13.2 Å². The number of aliphatic hydroxyl groups excluding tert-OH is 1. The standard InChI is InChI=1S/C18H18N2O4S/c1-20-17(18(22)13-7-3-2-4-8-13)16(19-11-12-21)14-9-5-6-10-15(14)25(20,23)24/h2-10,17,21H,11-12H2,1H3/t17-/m0/s1. The third-order valence-corrected chi connectivity index (χ3v) is 6.01. The lowest BCUT2D eigenvalue weighted by Gasteiger charge is -2.33. The molecule has 0 saturated heterocycles. The molecule has 2 aromatic rings. The fourth-order valence-electron chi connectivity index (χ4n) is 2.91. The van der Waals surface area contributed by atoms with Crippen LogP contribution in [0.1, 0.15) is 15.9 Å². The van der Waals surface area contributed by atoms with E-state index < -0.39 is 16.1 Å². The minimum absolute atomic E-state index is 0.0934. The molecule has 0 fully saturated rings. The second kappa shape index (κ2) is 6.87. The molecule has 1 aliphatic heterocycles. The van der Waals surface area contributed by atoms with Gasteiger partial charge in [-0.3, -0.25) is 9.79 Å². The van der Waals surface area contributed by atoms with Crippen molar-refractivity contribution in [3.05, 3.63) is 65.7 Å². The van der Waals surface area contributed by atoms with Crippen molar-refractivity contribution in [2.24, 2.45) is 4.99 Å². The number of hydrogen-bond donors (Lipinski definition) is 1. The molecule has 3 rings (SSSR count). The van der Waals surface area contributed by atoms with Gasteiger partial charge in [-0.15, -0.1) is 0 Å². The van der Waals surface area contributed by atoms with Crippen molar-refractivity contribution in [1.29, 1.82) is 0 Å². The number of aliphatic hydroxyl groups is 1. The molecule has 0 saturated carbocycles. The summed E-state index contributed by atoms with van der Waals surface area (Å²) in [6.07, 6.45) is 0. The summed E-state index contributed by atoms with van der Waals surface area (Å²) in [5.41, 5.74) is 1.17. The highest BCUT2D eigenvalue weighted by Gasteiger charge is 2.43. The molecule has 1 heterocycles. The number of likely N-dealkylation sites (N-methyl/N-ethyl adjacent to an activating group) is 1. The molecule has 0 aliphatic carbocycles. The summed E-state index contributed by atoms with van der Waals surface area (Å²) in [6, 6.07) is 13.9. The maximum absolute atomic E-state index is 13.0. The van der Waals surface area contributed by atoms with Gasteiger partial charge in [-0.2, -0.15) is 4.31 Å². The van der Waals surface area contributed by atoms with E-state index in [-0.39, 0.29) is 23.8 Å². The van der Waals surface area contributed by atoms with Crippen LogP contribution in [-0.4, -0.2) is 55.6 Å². The quantitative estimate of drug-likeness (QED) is 0.836. The van der Waals surface area contributed by atoms with Crippen molar-refractivity contribution in [3.63, 3.8) is 0 Å². The van der Waals surface area contributed by atoms with E-state index in [1.54, 1.807) is 48.5 Å². The number of sulfonamides is 1. The van der Waals surface area contributed by atoms with Crippen LogP contribution in [0.3, 0.4) is 0 Å². The van der Waals surface area contributed by atoms with Crippen LogP contribution in [0.5, 0.6) is 0 Å². The zero-order chi connectivity index (χ0) is 18.0. The molecule has 0 unspecified atom stereocenters. The Morgan fingerprint density at radius 1 is 1.12 bits per heavy atom. The number of nitrogens with zero attached hydrogens (tertiary/aromatic N) is 2. The fourth-order valence-corrected chi connectivity index (χ4v) is 4.39. The number of rotatable bonds is 4. The summed E-state index contributed by atoms with van der Waals surface area (Å²) in [6.45, 7) is -0.0928. The number of carbonyl (C=O) groups is 1. The normalized spacial score (nSPS) is 21.0. The SMILES string of the molecule is CN1[C@H](C(=O)c2ccccc2)C(=NCCO)c2ccccc2S1(=O)=O. The first-order chi connectivity index (χ1) is 12.0. The van der Waals surface area contributed by atoms with Gasteiger partial charge in [0.15, 0.2) is 5.78 Å². The minimum Gasteiger partial charge on any atom is -0.394 e. The van der Waals surface area contributed by atoms with E-state index >= 15 is 0 Å². The number of hydrogen-bond acceptors (Lipinski definition) is 5. The van der Waals surface area contributed by atoms with Crippen molar-refractivity contribution >= 4 is 21.5 Å². The van der Waals surface area contributed by atoms with E-state index in [1.807, 2.05) is 0 Å². The van der Waals surface area contributed by atoms with E-state index in [4.69, 9.17) is 5.11 Å². The van der Waals surface area contributed by atoms with Crippen LogP contribution in [-0.2, 0) is 10.0 Å². The van der Waals surface area contributed by atoms with Crippen LogP contribution in [0, 0.1) is 0 Å². The maximum Gasteiger partial charge on any atom is 0.244 e. The zero-order valence-electron chi connectivity index (χ0n) is 13.7. The molecule has 0 aromatic heterocycles. The van der Waals surface area contributed by atoms with Crippen molar-refractivity contribution < 1.29 is 18.3 Å². The molecule has 130 valence electrons. The van der Waals surface area contributed by atoms with E-state index in [2.05, 4.69) is 4.99 Å². The molecule has 0 spiro atoms. The van der Waals surface area contributed by atoms with Crippen LogP contribution in [0.25, 0.3) is 0 Å². The van der Waals surface area contributed by atoms with Crippen LogP contribution in [0.15, 0.2) is 64.5 Å². The number of Topliss-reactive ketones (excluding diaryl/α,β-unsaturated/α-hetero) is 1. The van der Waals surface area contributed by atoms with Gasteiger partial charge in [0, 0.05) is 18.2 Å². The third kappa shape index (κ3) is 3.02. The molecule has 7 heteroatoms. The second-order valence-corrected chi connectivity index (χ2v) is 7.61. The molecule has 0 amide bonds. The molecule has 2 aromatic carbocycles. The average molecular weight is 358 g/mol. The highest BCUT2D eigenvalue weighted by Crippen LogP contribution is 2.30. The predicted molar refractivity (Wildman–Crippen MR) is 94.4 cm³/mol. The lowest BCUT2D eigenvalue weighted by atomic mass is 9.95. The molecular weight excluding hydrogens is 340 g/mol. The average Bonchev–Trinajstić information content (AvgIpc) is 2.64. The Labute approximate surface area is 146 Å². The van der Waals surface area contributed by atoms with Crippen LogP contribution in [0.4, 0.5) is 0 Å². The van der Waals surface area contributed by atoms with Gasteiger partial charge in [0.1, 0.15) is 6.04 Å². The first-order valence-corrected chi connectivity index (χ1v) is 9.24. The lowest BCUT2D eigenvalue weighted by Crippen LogP contribution is -2.51. The first kappa shape index (κ1) is 17.5. The van der Waals surface area contributed by atoms with Crippen LogP contribution >= 0.6 is 0 Å². The van der Waals surface area contributed by atoms with Crippen molar-refractivity contribution in [2.75, 3.05) is 20.2 Å². The van der Waals surface area contributed by atoms with Crippen LogP contribution < -0.4 is 0 Å². The number of carbonyl (C=O) groups excluding carboxylic acids is 1.